The first-order valence-electron chi connectivity index (χ1n) is 9.34. The van der Waals surface area contributed by atoms with Crippen LogP contribution < -0.4 is 5.32 Å². The summed E-state index contributed by atoms with van der Waals surface area (Å²) in [7, 11) is 0. The third kappa shape index (κ3) is 3.80. The first-order valence-corrected chi connectivity index (χ1v) is 10.3. The van der Waals surface area contributed by atoms with Crippen molar-refractivity contribution in [2.24, 2.45) is 0 Å². The number of nitrogens with one attached hydrogen (secondary N) is 1. The summed E-state index contributed by atoms with van der Waals surface area (Å²) in [6.45, 7) is 5.14. The Balaban J connectivity index is 1.38. The minimum atomic E-state index is 0.00463. The van der Waals surface area contributed by atoms with Crippen molar-refractivity contribution in [3.05, 3.63) is 51.7 Å². The van der Waals surface area contributed by atoms with Crippen LogP contribution in [0.15, 0.2) is 35.0 Å². The second-order valence-corrected chi connectivity index (χ2v) is 8.24. The molecule has 4 heteroatoms. The zero-order valence-electron chi connectivity index (χ0n) is 14.8. The number of likely N-dealkylation sites (tertiary alicyclic amines) is 1. The molecule has 132 valence electrons. The predicted molar refractivity (Wildman–Crippen MR) is 105 cm³/mol. The molecule has 2 aliphatic rings. The molecule has 1 fully saturated rings. The van der Waals surface area contributed by atoms with E-state index in [1.165, 1.54) is 55.5 Å². The molecule has 0 bridgehead atoms. The lowest BCUT2D eigenvalue weighted by molar-refractivity contribution is -0.114. The van der Waals surface area contributed by atoms with Gasteiger partial charge in [0, 0.05) is 19.2 Å². The third-order valence-corrected chi connectivity index (χ3v) is 6.45. The Morgan fingerprint density at radius 3 is 2.80 bits per heavy atom. The van der Waals surface area contributed by atoms with Crippen LogP contribution in [0.5, 0.6) is 0 Å². The van der Waals surface area contributed by atoms with Crippen LogP contribution in [-0.2, 0) is 11.2 Å². The highest BCUT2D eigenvalue weighted by Crippen LogP contribution is 2.37. The summed E-state index contributed by atoms with van der Waals surface area (Å²) in [6.07, 6.45) is 4.97. The van der Waals surface area contributed by atoms with Crippen molar-refractivity contribution in [1.82, 2.24) is 4.90 Å². The van der Waals surface area contributed by atoms with Crippen molar-refractivity contribution in [1.29, 1.82) is 0 Å². The monoisotopic (exact) mass is 354 g/mol. The van der Waals surface area contributed by atoms with Gasteiger partial charge in [-0.2, -0.15) is 11.3 Å². The minimum Gasteiger partial charge on any atom is -0.326 e. The van der Waals surface area contributed by atoms with Gasteiger partial charge in [-0.25, -0.2) is 0 Å². The molecule has 1 N–H and O–H groups in total. The summed E-state index contributed by atoms with van der Waals surface area (Å²) in [6, 6.07) is 8.73. The van der Waals surface area contributed by atoms with E-state index in [4.69, 9.17) is 0 Å². The first kappa shape index (κ1) is 16.8. The quantitative estimate of drug-likeness (QED) is 0.869. The lowest BCUT2D eigenvalue weighted by atomic mass is 9.90. The lowest BCUT2D eigenvalue weighted by Crippen LogP contribution is -2.35. The molecule has 1 amide bonds. The second kappa shape index (κ2) is 7.30. The summed E-state index contributed by atoms with van der Waals surface area (Å²) in [4.78, 5) is 14.0. The number of nitrogens with zero attached hydrogens (tertiary/aromatic N) is 1. The highest BCUT2D eigenvalue weighted by atomic mass is 32.1. The molecule has 1 aromatic heterocycles. The van der Waals surface area contributed by atoms with E-state index in [1.54, 1.807) is 6.92 Å². The van der Waals surface area contributed by atoms with E-state index < -0.39 is 0 Å². The molecule has 2 heterocycles. The van der Waals surface area contributed by atoms with Crippen LogP contribution in [0, 0.1) is 0 Å². The zero-order valence-corrected chi connectivity index (χ0v) is 15.6. The zero-order chi connectivity index (χ0) is 17.2. The number of amides is 1. The van der Waals surface area contributed by atoms with Crippen LogP contribution in [0.4, 0.5) is 5.69 Å². The number of thiophene rings is 1. The van der Waals surface area contributed by atoms with Gasteiger partial charge < -0.3 is 10.2 Å². The summed E-state index contributed by atoms with van der Waals surface area (Å²) in [5, 5.41) is 7.44. The van der Waals surface area contributed by atoms with Gasteiger partial charge in [-0.05, 0) is 96.3 Å². The van der Waals surface area contributed by atoms with Crippen molar-refractivity contribution < 1.29 is 4.79 Å². The molecule has 0 radical (unpaired) electrons. The van der Waals surface area contributed by atoms with Gasteiger partial charge in [-0.3, -0.25) is 4.79 Å². The molecule has 0 saturated carbocycles. The van der Waals surface area contributed by atoms with Gasteiger partial charge in [0.05, 0.1) is 0 Å². The Kier molecular flexibility index (Phi) is 4.91. The van der Waals surface area contributed by atoms with Gasteiger partial charge in [0.2, 0.25) is 5.91 Å². The summed E-state index contributed by atoms with van der Waals surface area (Å²) in [5.41, 5.74) is 5.39. The van der Waals surface area contributed by atoms with E-state index in [0.29, 0.717) is 5.92 Å². The first-order chi connectivity index (χ1) is 12.2. The highest BCUT2D eigenvalue weighted by Gasteiger charge is 2.27. The van der Waals surface area contributed by atoms with Crippen molar-refractivity contribution in [2.75, 3.05) is 25.0 Å². The Hall–Kier alpha value is -1.65. The lowest BCUT2D eigenvalue weighted by Gasteiger charge is -2.33. The van der Waals surface area contributed by atoms with E-state index in [1.807, 2.05) is 17.4 Å². The number of carbonyl (C=O) groups excluding carboxylic acids is 1. The highest BCUT2D eigenvalue weighted by molar-refractivity contribution is 7.07. The number of anilines is 1. The molecule has 4 rings (SSSR count). The third-order valence-electron chi connectivity index (χ3n) is 5.75. The standard InChI is InChI=1S/C21H26N2OS/c1-15(24)22-20-5-4-17-2-3-18(21(17)12-20)13-23-9-6-16(7-10-23)19-8-11-25-14-19/h4-5,8,11-12,14,16,18H,2-3,6-7,9-10,13H2,1H3,(H,22,24). The Bertz CT molecular complexity index is 732. The molecule has 1 aliphatic carbocycles. The van der Waals surface area contributed by atoms with Crippen LogP contribution in [-0.4, -0.2) is 30.4 Å². The normalized spacial score (nSPS) is 21.2. The summed E-state index contributed by atoms with van der Waals surface area (Å²) < 4.78 is 0. The number of piperidine rings is 1. The number of carbonyl (C=O) groups is 1. The Labute approximate surface area is 154 Å². The number of rotatable bonds is 4. The fourth-order valence-corrected chi connectivity index (χ4v) is 5.17. The largest absolute Gasteiger partial charge is 0.326 e. The van der Waals surface area contributed by atoms with Crippen LogP contribution in [0.1, 0.15) is 54.7 Å². The smallest absolute Gasteiger partial charge is 0.221 e. The molecule has 1 atom stereocenters. The van der Waals surface area contributed by atoms with E-state index in [2.05, 4.69) is 39.2 Å². The maximum atomic E-state index is 11.3. The number of hydrogen-bond donors (Lipinski definition) is 1. The van der Waals surface area contributed by atoms with E-state index in [-0.39, 0.29) is 5.91 Å². The molecule has 0 spiro atoms. The fourth-order valence-electron chi connectivity index (χ4n) is 4.43. The van der Waals surface area contributed by atoms with Crippen LogP contribution in [0.2, 0.25) is 0 Å². The topological polar surface area (TPSA) is 32.3 Å². The number of fused-ring (bicyclic) bond motifs is 1. The van der Waals surface area contributed by atoms with E-state index >= 15 is 0 Å². The van der Waals surface area contributed by atoms with Crippen molar-refractivity contribution in [3.8, 4) is 0 Å². The molecular weight excluding hydrogens is 328 g/mol. The Morgan fingerprint density at radius 2 is 2.08 bits per heavy atom. The maximum absolute atomic E-state index is 11.3. The van der Waals surface area contributed by atoms with Gasteiger partial charge in [0.15, 0.2) is 0 Å². The molecule has 1 unspecified atom stereocenters. The summed E-state index contributed by atoms with van der Waals surface area (Å²) in [5.74, 6) is 1.37. The maximum Gasteiger partial charge on any atom is 0.221 e. The van der Waals surface area contributed by atoms with E-state index in [9.17, 15) is 4.79 Å². The van der Waals surface area contributed by atoms with Crippen molar-refractivity contribution in [2.45, 2.75) is 44.4 Å². The Morgan fingerprint density at radius 1 is 1.24 bits per heavy atom. The molecule has 1 aromatic carbocycles. The predicted octanol–water partition coefficient (Wildman–Crippen LogP) is 4.62. The van der Waals surface area contributed by atoms with Crippen LogP contribution >= 0.6 is 11.3 Å². The molecule has 1 saturated heterocycles. The molecule has 1 aliphatic heterocycles. The average molecular weight is 355 g/mol. The molecule has 2 aromatic rings. The molecule has 25 heavy (non-hydrogen) atoms. The SMILES string of the molecule is CC(=O)Nc1ccc2c(c1)C(CN1CCC(c3ccsc3)CC1)CC2. The number of aryl methyl sites for hydroxylation is 1. The second-order valence-electron chi connectivity index (χ2n) is 7.46. The number of hydrogen-bond acceptors (Lipinski definition) is 3. The van der Waals surface area contributed by atoms with Crippen LogP contribution in [0.3, 0.4) is 0 Å². The van der Waals surface area contributed by atoms with Gasteiger partial charge >= 0.3 is 0 Å². The molecular formula is C21H26N2OS. The summed E-state index contributed by atoms with van der Waals surface area (Å²) >= 11 is 1.81. The van der Waals surface area contributed by atoms with Gasteiger partial charge in [-0.1, -0.05) is 6.07 Å². The minimum absolute atomic E-state index is 0.00463. The van der Waals surface area contributed by atoms with E-state index in [0.717, 1.165) is 18.2 Å². The van der Waals surface area contributed by atoms with Gasteiger partial charge in [-0.15, -0.1) is 0 Å². The number of benzene rings is 1. The molecule has 3 nitrogen and oxygen atoms in total. The van der Waals surface area contributed by atoms with Crippen molar-refractivity contribution in [3.63, 3.8) is 0 Å². The van der Waals surface area contributed by atoms with Gasteiger partial charge in [0.1, 0.15) is 0 Å². The average Bonchev–Trinajstić information content (AvgIpc) is 3.26. The van der Waals surface area contributed by atoms with Crippen LogP contribution in [0.25, 0.3) is 0 Å². The van der Waals surface area contributed by atoms with Crippen molar-refractivity contribution >= 4 is 22.9 Å². The fraction of sp³-hybridized carbons (Fsp3) is 0.476. The van der Waals surface area contributed by atoms with Gasteiger partial charge in [0.25, 0.3) is 0 Å².